The molecule has 0 heterocycles. The van der Waals surface area contributed by atoms with Gasteiger partial charge in [0.1, 0.15) is 0 Å². The second kappa shape index (κ2) is 9.66. The fourth-order valence-corrected chi connectivity index (χ4v) is 5.66. The van der Waals surface area contributed by atoms with Crippen molar-refractivity contribution in [1.82, 2.24) is 0 Å². The number of rotatable bonds is 3. The minimum atomic E-state index is -0.759. The Morgan fingerprint density at radius 3 is 2.32 bits per heavy atom. The summed E-state index contributed by atoms with van der Waals surface area (Å²) in [6.45, 7) is 4.97. The van der Waals surface area contributed by atoms with Gasteiger partial charge in [0.05, 0.1) is 0 Å². The van der Waals surface area contributed by atoms with E-state index in [0.717, 1.165) is 0 Å². The maximum absolute atomic E-state index is 5.38. The third-order valence-corrected chi connectivity index (χ3v) is 7.84. The van der Waals surface area contributed by atoms with Crippen LogP contribution in [-0.4, -0.2) is 14.0 Å². The molecule has 0 N–H and O–H groups in total. The molecule has 0 aromatic heterocycles. The summed E-state index contributed by atoms with van der Waals surface area (Å²) in [5.41, 5.74) is 2.79. The molecule has 0 amide bonds. The number of nitrogens with zero attached hydrogens (tertiary/aromatic N) is 1. The zero-order valence-electron chi connectivity index (χ0n) is 13.4. The molecule has 1 radical (unpaired) electrons. The molecule has 1 atom stereocenters. The first-order valence-electron chi connectivity index (χ1n) is 7.70. The van der Waals surface area contributed by atoms with Gasteiger partial charge in [-0.1, -0.05) is 93.2 Å². The van der Waals surface area contributed by atoms with Crippen LogP contribution in [0.1, 0.15) is 49.3 Å². The van der Waals surface area contributed by atoms with Crippen molar-refractivity contribution in [3.8, 4) is 0 Å². The molecule has 0 bridgehead atoms. The van der Waals surface area contributed by atoms with Crippen LogP contribution in [0.15, 0.2) is 30.3 Å². The van der Waals surface area contributed by atoms with Gasteiger partial charge in [0.15, 0.2) is 0 Å². The van der Waals surface area contributed by atoms with E-state index in [9.17, 15) is 0 Å². The van der Waals surface area contributed by atoms with Crippen LogP contribution in [0.2, 0.25) is 13.1 Å². The Balaban J connectivity index is 0.00000147. The zero-order chi connectivity index (χ0) is 13.3. The van der Waals surface area contributed by atoms with E-state index in [1.165, 1.54) is 43.2 Å². The van der Waals surface area contributed by atoms with Crippen molar-refractivity contribution in [2.24, 2.45) is 0 Å². The van der Waals surface area contributed by atoms with E-state index in [1.54, 1.807) is 0 Å². The Kier molecular flexibility index (Phi) is 9.85. The van der Waals surface area contributed by atoms with Crippen LogP contribution in [-0.2, 0) is 21.7 Å². The van der Waals surface area contributed by atoms with Crippen molar-refractivity contribution in [1.29, 1.82) is 0 Å². The molecule has 0 spiro atoms. The van der Waals surface area contributed by atoms with E-state index in [2.05, 4.69) is 49.5 Å². The topological polar surface area (TPSA) is 14.1 Å². The molecule has 119 valence electrons. The van der Waals surface area contributed by atoms with Crippen LogP contribution in [0.25, 0.3) is 11.4 Å². The summed E-state index contributed by atoms with van der Waals surface area (Å²) in [6, 6.07) is 9.06. The second-order valence-corrected chi connectivity index (χ2v) is 9.77. The van der Waals surface area contributed by atoms with E-state index in [1.807, 2.05) is 0 Å². The van der Waals surface area contributed by atoms with Gasteiger partial charge in [-0.05, 0) is 5.56 Å². The Morgan fingerprint density at radius 2 is 1.68 bits per heavy atom. The maximum atomic E-state index is 5.38. The second-order valence-electron chi connectivity index (χ2n) is 6.38. The normalized spacial score (nSPS) is 21.3. The van der Waals surface area contributed by atoms with Gasteiger partial charge in [-0.15, -0.1) is 5.16 Å². The Labute approximate surface area is 164 Å². The summed E-state index contributed by atoms with van der Waals surface area (Å²) in [4.78, 5) is 0. The average molecular weight is 389 g/mol. The minimum absolute atomic E-state index is 0. The average Bonchev–Trinajstić information content (AvgIpc) is 2.83. The molecule has 22 heavy (non-hydrogen) atoms. The first-order valence-corrected chi connectivity index (χ1v) is 10.6. The third-order valence-electron chi connectivity index (χ3n) is 4.96. The van der Waals surface area contributed by atoms with Gasteiger partial charge in [0.25, 0.3) is 0 Å². The van der Waals surface area contributed by atoms with E-state index in [0.29, 0.717) is 11.2 Å². The largest absolute Gasteiger partial charge is 3.00 e. The summed E-state index contributed by atoms with van der Waals surface area (Å²) in [5.74, 6) is 0. The Hall–Kier alpha value is 0.431. The predicted molar refractivity (Wildman–Crippen MR) is 86.3 cm³/mol. The fourth-order valence-electron chi connectivity index (χ4n) is 3.64. The van der Waals surface area contributed by atoms with Crippen molar-refractivity contribution in [3.63, 3.8) is 0 Å². The smallest absolute Gasteiger partial charge is 1.00 e. The van der Waals surface area contributed by atoms with Gasteiger partial charge in [-0.25, -0.2) is 0 Å². The summed E-state index contributed by atoms with van der Waals surface area (Å²) in [7, 11) is -0.759. The van der Waals surface area contributed by atoms with Crippen molar-refractivity contribution >= 4 is 14.9 Å². The molecule has 3 rings (SSSR count). The van der Waals surface area contributed by atoms with E-state index in [-0.39, 0.29) is 46.5 Å². The summed E-state index contributed by atoms with van der Waals surface area (Å²) in [6.07, 6.45) is 11.4. The maximum Gasteiger partial charge on any atom is 3.00 e. The van der Waals surface area contributed by atoms with Crippen LogP contribution >= 0.6 is 0 Å². The first-order chi connectivity index (χ1) is 9.21. The minimum Gasteiger partial charge on any atom is -1.00 e. The molecule has 5 heteroatoms. The van der Waals surface area contributed by atoms with Gasteiger partial charge in [-0.3, -0.25) is 0 Å². The quantitative estimate of drug-likeness (QED) is 0.581. The summed E-state index contributed by atoms with van der Waals surface area (Å²) < 4.78 is 0. The van der Waals surface area contributed by atoms with E-state index in [4.69, 9.17) is 5.32 Å². The molecule has 1 nitrogen and oxygen atoms in total. The molecule has 2 aliphatic carbocycles. The van der Waals surface area contributed by atoms with E-state index >= 15 is 0 Å². The van der Waals surface area contributed by atoms with Gasteiger partial charge in [-0.2, -0.15) is 0 Å². The van der Waals surface area contributed by atoms with Crippen molar-refractivity contribution in [2.75, 3.05) is 0 Å². The van der Waals surface area contributed by atoms with Gasteiger partial charge < -0.3 is 30.1 Å². The third kappa shape index (κ3) is 4.49. The van der Waals surface area contributed by atoms with Crippen LogP contribution in [0, 0.1) is 0 Å². The molecule has 1 aromatic carbocycles. The number of hydrogen-bond donors (Lipinski definition) is 0. The van der Waals surface area contributed by atoms with Crippen molar-refractivity contribution < 1.29 is 46.5 Å². The van der Waals surface area contributed by atoms with Crippen LogP contribution in [0.5, 0.6) is 0 Å². The summed E-state index contributed by atoms with van der Waals surface area (Å²) >= 11 is 0. The Morgan fingerprint density at radius 1 is 1.05 bits per heavy atom. The van der Waals surface area contributed by atoms with Crippen LogP contribution in [0.4, 0.5) is 0 Å². The number of benzene rings is 1. The molecule has 1 saturated carbocycles. The molecular weight excluding hydrogens is 365 g/mol. The fraction of sp³-hybridized carbons (Fsp3) is 0.529. The van der Waals surface area contributed by atoms with E-state index < -0.39 is 8.80 Å². The monoisotopic (exact) mass is 388 g/mol. The van der Waals surface area contributed by atoms with Gasteiger partial charge >= 0.3 is 21.7 Å². The summed E-state index contributed by atoms with van der Waals surface area (Å²) in [5, 5.41) is 5.73. The molecule has 1 unspecified atom stereocenters. The Bertz CT molecular complexity index is 487. The van der Waals surface area contributed by atoms with Crippen LogP contribution in [0.3, 0.4) is 0 Å². The number of fused-ring (bicyclic) bond motifs is 1. The molecule has 1 fully saturated rings. The number of hydrogen-bond acceptors (Lipinski definition) is 0. The molecule has 1 aromatic rings. The molecular formula is C17H24Cl2NSiTi. The zero-order valence-corrected chi connectivity index (χ0v) is 17.6. The van der Waals surface area contributed by atoms with Crippen molar-refractivity contribution in [2.45, 2.75) is 56.4 Å². The van der Waals surface area contributed by atoms with Gasteiger partial charge in [0, 0.05) is 8.80 Å². The predicted octanol–water partition coefficient (Wildman–Crippen LogP) is -1.14. The SMILES string of the molecule is C[SiH](C)C1([N-]C2C=Cc3ccccc32)CCCCC1.[Cl-].[Cl-].[Ti+3]. The van der Waals surface area contributed by atoms with Crippen LogP contribution < -0.4 is 24.8 Å². The molecule has 2 aliphatic rings. The first kappa shape index (κ1) is 22.4. The van der Waals surface area contributed by atoms with Crippen molar-refractivity contribution in [3.05, 3.63) is 46.8 Å². The standard InChI is InChI=1S/C17H24NSi.2ClH.Ti/c1-19(2)17(12-6-3-7-13-17)18-16-11-10-14-8-4-5-9-15(14)16;;;/h4-5,8-11,16,19H,3,6-7,12-13H2,1-2H3;2*1H;/q-1;;;+3/p-2. The molecule has 0 saturated heterocycles. The van der Waals surface area contributed by atoms with Gasteiger partial charge in [0.2, 0.25) is 0 Å². The number of halogens is 2. The molecule has 0 aliphatic heterocycles.